The van der Waals surface area contributed by atoms with Gasteiger partial charge in [0.25, 0.3) is 5.91 Å². The smallest absolute Gasteiger partial charge is 0.261 e. The molecule has 2 aliphatic rings. The Morgan fingerprint density at radius 2 is 1.87 bits per heavy atom. The second kappa shape index (κ2) is 8.36. The Morgan fingerprint density at radius 1 is 1.03 bits per heavy atom. The molecule has 4 heterocycles. The van der Waals surface area contributed by atoms with E-state index in [1.54, 1.807) is 0 Å². The Kier molecular flexibility index (Phi) is 5.27. The van der Waals surface area contributed by atoms with Crippen molar-refractivity contribution in [2.45, 2.75) is 19.4 Å². The number of amides is 1. The molecular weight excluding hydrogens is 398 g/mol. The molecule has 0 spiro atoms. The minimum absolute atomic E-state index is 0.0765. The quantitative estimate of drug-likeness (QED) is 0.672. The third kappa shape index (κ3) is 3.98. The van der Waals surface area contributed by atoms with Gasteiger partial charge in [-0.2, -0.15) is 0 Å². The summed E-state index contributed by atoms with van der Waals surface area (Å²) in [7, 11) is 0. The number of pyridine rings is 1. The van der Waals surface area contributed by atoms with Crippen molar-refractivity contribution in [3.63, 3.8) is 0 Å². The van der Waals surface area contributed by atoms with Gasteiger partial charge < -0.3 is 19.7 Å². The number of nitrogens with one attached hydrogen (secondary N) is 1. The number of rotatable bonds is 5. The van der Waals surface area contributed by atoms with Crippen LogP contribution in [0.25, 0.3) is 10.4 Å². The molecule has 0 saturated carbocycles. The number of thiophene rings is 1. The van der Waals surface area contributed by atoms with E-state index in [4.69, 9.17) is 9.47 Å². The predicted octanol–water partition coefficient (Wildman–Crippen LogP) is 4.11. The third-order valence-electron chi connectivity index (χ3n) is 5.35. The molecule has 2 aromatic heterocycles. The second-order valence-corrected chi connectivity index (χ2v) is 8.51. The lowest BCUT2D eigenvalue weighted by Gasteiger charge is -2.18. The van der Waals surface area contributed by atoms with E-state index < -0.39 is 0 Å². The summed E-state index contributed by atoms with van der Waals surface area (Å²) < 4.78 is 11.2. The molecule has 3 aromatic rings. The summed E-state index contributed by atoms with van der Waals surface area (Å²) in [5, 5.41) is 2.99. The van der Waals surface area contributed by atoms with Gasteiger partial charge in [0.2, 0.25) is 0 Å². The summed E-state index contributed by atoms with van der Waals surface area (Å²) in [6.45, 7) is 3.75. The van der Waals surface area contributed by atoms with Crippen LogP contribution in [0.2, 0.25) is 0 Å². The van der Waals surface area contributed by atoms with Gasteiger partial charge >= 0.3 is 0 Å². The van der Waals surface area contributed by atoms with Crippen molar-refractivity contribution in [3.05, 3.63) is 59.1 Å². The highest BCUT2D eigenvalue weighted by Crippen LogP contribution is 2.36. The van der Waals surface area contributed by atoms with E-state index in [1.807, 2.05) is 48.7 Å². The maximum atomic E-state index is 12.6. The number of benzene rings is 1. The minimum atomic E-state index is -0.0765. The number of aromatic nitrogens is 1. The van der Waals surface area contributed by atoms with E-state index in [9.17, 15) is 4.79 Å². The lowest BCUT2D eigenvalue weighted by atomic mass is 10.1. The van der Waals surface area contributed by atoms with Gasteiger partial charge in [-0.25, -0.2) is 4.98 Å². The van der Waals surface area contributed by atoms with Gasteiger partial charge in [-0.3, -0.25) is 4.79 Å². The summed E-state index contributed by atoms with van der Waals surface area (Å²) in [5.74, 6) is 2.46. The third-order valence-corrected chi connectivity index (χ3v) is 6.48. The van der Waals surface area contributed by atoms with Crippen LogP contribution in [0.1, 0.15) is 28.1 Å². The molecule has 1 aromatic carbocycles. The van der Waals surface area contributed by atoms with E-state index in [2.05, 4.69) is 15.2 Å². The van der Waals surface area contributed by atoms with Crippen molar-refractivity contribution < 1.29 is 14.3 Å². The molecule has 0 radical (unpaired) electrons. The maximum Gasteiger partial charge on any atom is 0.261 e. The zero-order valence-electron chi connectivity index (χ0n) is 16.6. The SMILES string of the molecule is O=C(NCc1ccc(N2CCCC2)nc1)c1ccc(-c2ccc3c(c2)OCCO3)s1. The van der Waals surface area contributed by atoms with Crippen molar-refractivity contribution in [2.24, 2.45) is 0 Å². The fourth-order valence-electron chi connectivity index (χ4n) is 3.74. The van der Waals surface area contributed by atoms with E-state index in [1.165, 1.54) is 24.2 Å². The Balaban J connectivity index is 1.21. The van der Waals surface area contributed by atoms with Crippen LogP contribution in [0.3, 0.4) is 0 Å². The number of hydrogen-bond acceptors (Lipinski definition) is 6. The van der Waals surface area contributed by atoms with Gasteiger partial charge in [0.1, 0.15) is 19.0 Å². The van der Waals surface area contributed by atoms with Crippen LogP contribution in [0.15, 0.2) is 48.7 Å². The minimum Gasteiger partial charge on any atom is -0.486 e. The molecule has 0 unspecified atom stereocenters. The molecule has 30 heavy (non-hydrogen) atoms. The fraction of sp³-hybridized carbons (Fsp3) is 0.304. The highest BCUT2D eigenvalue weighted by molar-refractivity contribution is 7.17. The van der Waals surface area contributed by atoms with Gasteiger partial charge in [-0.05, 0) is 60.4 Å². The summed E-state index contributed by atoms with van der Waals surface area (Å²) in [6.07, 6.45) is 4.31. The molecule has 0 atom stereocenters. The molecule has 6 nitrogen and oxygen atoms in total. The van der Waals surface area contributed by atoms with Crippen molar-refractivity contribution in [2.75, 3.05) is 31.2 Å². The van der Waals surface area contributed by atoms with E-state index in [0.717, 1.165) is 46.4 Å². The van der Waals surface area contributed by atoms with Gasteiger partial charge in [-0.15, -0.1) is 11.3 Å². The first kappa shape index (κ1) is 18.9. The van der Waals surface area contributed by atoms with Crippen LogP contribution in [0.5, 0.6) is 11.5 Å². The van der Waals surface area contributed by atoms with Crippen molar-refractivity contribution >= 4 is 23.1 Å². The Bertz CT molecular complexity index is 1040. The van der Waals surface area contributed by atoms with E-state index in [-0.39, 0.29) is 5.91 Å². The van der Waals surface area contributed by atoms with Crippen molar-refractivity contribution in [3.8, 4) is 21.9 Å². The van der Waals surface area contributed by atoms with Crippen LogP contribution in [-0.4, -0.2) is 37.2 Å². The number of anilines is 1. The standard InChI is InChI=1S/C23H23N3O3S/c27-23(25-15-16-3-8-22(24-14-16)26-9-1-2-10-26)21-7-6-20(30-21)17-4-5-18-19(13-17)29-12-11-28-18/h3-8,13-14H,1-2,9-12,15H2,(H,25,27). The molecule has 2 aliphatic heterocycles. The number of hydrogen-bond donors (Lipinski definition) is 1. The lowest BCUT2D eigenvalue weighted by molar-refractivity contribution is 0.0955. The average Bonchev–Trinajstić information content (AvgIpc) is 3.50. The zero-order chi connectivity index (χ0) is 20.3. The highest BCUT2D eigenvalue weighted by atomic mass is 32.1. The molecule has 154 valence electrons. The summed E-state index contributed by atoms with van der Waals surface area (Å²) in [6, 6.07) is 13.8. The van der Waals surface area contributed by atoms with Crippen LogP contribution in [0.4, 0.5) is 5.82 Å². The number of fused-ring (bicyclic) bond motifs is 1. The molecule has 0 aliphatic carbocycles. The summed E-state index contributed by atoms with van der Waals surface area (Å²) in [4.78, 5) is 21.1. The second-order valence-electron chi connectivity index (χ2n) is 7.42. The molecule has 5 rings (SSSR count). The first-order chi connectivity index (χ1) is 14.8. The average molecular weight is 422 g/mol. The molecule has 0 bridgehead atoms. The topological polar surface area (TPSA) is 63.7 Å². The Morgan fingerprint density at radius 3 is 2.67 bits per heavy atom. The van der Waals surface area contributed by atoms with Gasteiger partial charge in [0.15, 0.2) is 11.5 Å². The number of nitrogens with zero attached hydrogens (tertiary/aromatic N) is 2. The molecule has 1 fully saturated rings. The Labute approximate surface area is 179 Å². The molecular formula is C23H23N3O3S. The van der Waals surface area contributed by atoms with Gasteiger partial charge in [-0.1, -0.05) is 6.07 Å². The van der Waals surface area contributed by atoms with Crippen LogP contribution >= 0.6 is 11.3 Å². The zero-order valence-corrected chi connectivity index (χ0v) is 17.4. The monoisotopic (exact) mass is 421 g/mol. The van der Waals surface area contributed by atoms with Crippen LogP contribution in [0, 0.1) is 0 Å². The van der Waals surface area contributed by atoms with Gasteiger partial charge in [0, 0.05) is 30.7 Å². The largest absolute Gasteiger partial charge is 0.486 e. The lowest BCUT2D eigenvalue weighted by Crippen LogP contribution is -2.22. The first-order valence-electron chi connectivity index (χ1n) is 10.2. The Hall–Kier alpha value is -3.06. The molecule has 7 heteroatoms. The highest BCUT2D eigenvalue weighted by Gasteiger charge is 2.16. The fourth-order valence-corrected chi connectivity index (χ4v) is 4.65. The van der Waals surface area contributed by atoms with Crippen LogP contribution in [-0.2, 0) is 6.54 Å². The summed E-state index contributed by atoms with van der Waals surface area (Å²) >= 11 is 1.47. The molecule has 1 amide bonds. The maximum absolute atomic E-state index is 12.6. The predicted molar refractivity (Wildman–Crippen MR) is 118 cm³/mol. The molecule has 1 saturated heterocycles. The number of ether oxygens (including phenoxy) is 2. The first-order valence-corrected chi connectivity index (χ1v) is 11.1. The van der Waals surface area contributed by atoms with Crippen molar-refractivity contribution in [1.82, 2.24) is 10.3 Å². The number of carbonyl (C=O) groups is 1. The van der Waals surface area contributed by atoms with Crippen LogP contribution < -0.4 is 19.7 Å². The van der Waals surface area contributed by atoms with E-state index >= 15 is 0 Å². The summed E-state index contributed by atoms with van der Waals surface area (Å²) in [5.41, 5.74) is 2.01. The van der Waals surface area contributed by atoms with Gasteiger partial charge in [0.05, 0.1) is 4.88 Å². The van der Waals surface area contributed by atoms with Crippen molar-refractivity contribution in [1.29, 1.82) is 0 Å². The number of carbonyl (C=O) groups excluding carboxylic acids is 1. The normalized spacial score (nSPS) is 15.3. The van der Waals surface area contributed by atoms with E-state index in [0.29, 0.717) is 24.6 Å². The molecule has 1 N–H and O–H groups in total.